The van der Waals surface area contributed by atoms with Gasteiger partial charge in [-0.3, -0.25) is 4.79 Å². The van der Waals surface area contributed by atoms with E-state index >= 15 is 0 Å². The summed E-state index contributed by atoms with van der Waals surface area (Å²) in [7, 11) is 0. The summed E-state index contributed by atoms with van der Waals surface area (Å²) in [5, 5.41) is 7.78. The molecule has 0 saturated carbocycles. The van der Waals surface area contributed by atoms with Crippen molar-refractivity contribution in [1.82, 2.24) is 0 Å². The van der Waals surface area contributed by atoms with E-state index in [1.165, 1.54) is 0 Å². The molecule has 1 N–H and O–H groups in total. The Morgan fingerprint density at radius 3 is 2.81 bits per heavy atom. The number of Topliss-reactive ketones (excluding diaryl/α,β-unsaturated/α-hetero) is 1. The monoisotopic (exact) mass is 446 g/mol. The zero-order valence-corrected chi connectivity index (χ0v) is 17.3. The number of hydrogen-bond acceptors (Lipinski definition) is 4. The van der Waals surface area contributed by atoms with Crippen LogP contribution in [0, 0.1) is 0 Å². The van der Waals surface area contributed by atoms with Crippen LogP contribution in [-0.2, 0) is 16.1 Å². The Balaban J connectivity index is 0.00000210. The summed E-state index contributed by atoms with van der Waals surface area (Å²) in [6, 6.07) is 13.9. The molecule has 1 heterocycles. The van der Waals surface area contributed by atoms with Crippen molar-refractivity contribution in [3.8, 4) is 0 Å². The number of nitrogens with zero attached hydrogens (tertiary/aromatic N) is 1. The lowest BCUT2D eigenvalue weighted by molar-refractivity contribution is -0.112. The Bertz CT molecular complexity index is 953. The molecular formula is C21H20BrClN2O2. The summed E-state index contributed by atoms with van der Waals surface area (Å²) in [4.78, 5) is 18.3. The fourth-order valence-corrected chi connectivity index (χ4v) is 3.70. The predicted molar refractivity (Wildman–Crippen MR) is 114 cm³/mol. The molecule has 4 rings (SSSR count). The number of rotatable bonds is 4. The van der Waals surface area contributed by atoms with Gasteiger partial charge in [0.15, 0.2) is 5.78 Å². The SMILES string of the molecule is CCCCO/N=C1/C(=C2/C(=O)Cc3ccc(Br)cc32)Nc2ccccc21.Cl. The quantitative estimate of drug-likeness (QED) is 0.390. The summed E-state index contributed by atoms with van der Waals surface area (Å²) >= 11 is 3.51. The van der Waals surface area contributed by atoms with E-state index in [0.29, 0.717) is 24.3 Å². The average molecular weight is 448 g/mol. The van der Waals surface area contributed by atoms with Gasteiger partial charge in [-0.1, -0.05) is 58.7 Å². The molecule has 27 heavy (non-hydrogen) atoms. The Kier molecular flexibility index (Phi) is 6.02. The highest BCUT2D eigenvalue weighted by Gasteiger charge is 2.34. The molecular weight excluding hydrogens is 428 g/mol. The number of halogens is 2. The van der Waals surface area contributed by atoms with Crippen LogP contribution in [0.4, 0.5) is 5.69 Å². The van der Waals surface area contributed by atoms with Crippen molar-refractivity contribution < 1.29 is 9.63 Å². The van der Waals surface area contributed by atoms with E-state index in [1.54, 1.807) is 0 Å². The van der Waals surface area contributed by atoms with Crippen molar-refractivity contribution in [2.45, 2.75) is 26.2 Å². The van der Waals surface area contributed by atoms with Crippen molar-refractivity contribution in [3.63, 3.8) is 0 Å². The molecule has 2 aromatic rings. The lowest BCUT2D eigenvalue weighted by Gasteiger charge is -2.08. The lowest BCUT2D eigenvalue weighted by Crippen LogP contribution is -2.10. The first-order chi connectivity index (χ1) is 12.7. The van der Waals surface area contributed by atoms with E-state index in [2.05, 4.69) is 33.3 Å². The van der Waals surface area contributed by atoms with Crippen molar-refractivity contribution in [3.05, 3.63) is 69.3 Å². The minimum Gasteiger partial charge on any atom is -0.395 e. The minimum absolute atomic E-state index is 0. The molecule has 140 valence electrons. The third-order valence-corrected chi connectivity index (χ3v) is 5.14. The third kappa shape index (κ3) is 3.66. The molecule has 6 heteroatoms. The van der Waals surface area contributed by atoms with E-state index in [-0.39, 0.29) is 18.2 Å². The highest BCUT2D eigenvalue weighted by Crippen LogP contribution is 2.39. The summed E-state index contributed by atoms with van der Waals surface area (Å²) in [6.07, 6.45) is 2.42. The normalized spacial score (nSPS) is 18.7. The molecule has 0 atom stereocenters. The van der Waals surface area contributed by atoms with Crippen LogP contribution in [-0.4, -0.2) is 18.1 Å². The van der Waals surface area contributed by atoms with Crippen LogP contribution in [0.25, 0.3) is 5.57 Å². The largest absolute Gasteiger partial charge is 0.395 e. The average Bonchev–Trinajstić information content (AvgIpc) is 3.15. The van der Waals surface area contributed by atoms with E-state index in [9.17, 15) is 4.79 Å². The Morgan fingerprint density at radius 1 is 1.19 bits per heavy atom. The summed E-state index contributed by atoms with van der Waals surface area (Å²) < 4.78 is 0.956. The third-order valence-electron chi connectivity index (χ3n) is 4.64. The molecule has 0 aromatic heterocycles. The number of oxime groups is 1. The van der Waals surface area contributed by atoms with Gasteiger partial charge in [0.1, 0.15) is 12.3 Å². The van der Waals surface area contributed by atoms with Gasteiger partial charge in [-0.25, -0.2) is 0 Å². The summed E-state index contributed by atoms with van der Waals surface area (Å²) in [6.45, 7) is 2.68. The molecule has 2 aliphatic rings. The summed E-state index contributed by atoms with van der Waals surface area (Å²) in [5.74, 6) is 0.106. The molecule has 0 amide bonds. The first-order valence-corrected chi connectivity index (χ1v) is 9.61. The Morgan fingerprint density at radius 2 is 2.00 bits per heavy atom. The number of benzene rings is 2. The number of anilines is 1. The molecule has 0 spiro atoms. The van der Waals surface area contributed by atoms with Crippen molar-refractivity contribution in [1.29, 1.82) is 0 Å². The first-order valence-electron chi connectivity index (χ1n) is 8.82. The second-order valence-electron chi connectivity index (χ2n) is 6.45. The number of allylic oxidation sites excluding steroid dienone is 2. The number of nitrogens with one attached hydrogen (secondary N) is 1. The molecule has 0 unspecified atom stereocenters. The number of fused-ring (bicyclic) bond motifs is 2. The fourth-order valence-electron chi connectivity index (χ4n) is 3.34. The number of carbonyl (C=O) groups is 1. The molecule has 0 bridgehead atoms. The van der Waals surface area contributed by atoms with Crippen LogP contribution >= 0.6 is 28.3 Å². The Hall–Kier alpha value is -2.11. The van der Waals surface area contributed by atoms with Gasteiger partial charge in [-0.05, 0) is 35.7 Å². The number of ketones is 1. The van der Waals surface area contributed by atoms with Crippen LogP contribution in [0.3, 0.4) is 0 Å². The maximum absolute atomic E-state index is 12.8. The van der Waals surface area contributed by atoms with E-state index in [0.717, 1.165) is 45.4 Å². The topological polar surface area (TPSA) is 50.7 Å². The van der Waals surface area contributed by atoms with E-state index < -0.39 is 0 Å². The number of hydrogen-bond donors (Lipinski definition) is 1. The van der Waals surface area contributed by atoms with Gasteiger partial charge >= 0.3 is 0 Å². The van der Waals surface area contributed by atoms with E-state index in [1.807, 2.05) is 42.5 Å². The maximum atomic E-state index is 12.8. The number of unbranched alkanes of at least 4 members (excludes halogenated alkanes) is 1. The molecule has 0 radical (unpaired) electrons. The highest BCUT2D eigenvalue weighted by atomic mass is 79.9. The second-order valence-corrected chi connectivity index (χ2v) is 7.36. The van der Waals surface area contributed by atoms with Crippen molar-refractivity contribution in [2.24, 2.45) is 5.16 Å². The minimum atomic E-state index is 0. The smallest absolute Gasteiger partial charge is 0.170 e. The molecule has 1 aliphatic heterocycles. The van der Waals surface area contributed by atoms with Gasteiger partial charge in [0.05, 0.1) is 11.3 Å². The predicted octanol–water partition coefficient (Wildman–Crippen LogP) is 5.35. The van der Waals surface area contributed by atoms with Gasteiger partial charge in [0, 0.05) is 22.1 Å². The van der Waals surface area contributed by atoms with Gasteiger partial charge in [0.25, 0.3) is 0 Å². The van der Waals surface area contributed by atoms with Crippen LogP contribution < -0.4 is 5.32 Å². The standard InChI is InChI=1S/C21H19BrN2O2.ClH/c1-2-3-10-26-24-20-15-6-4-5-7-17(15)23-21(20)19-16-12-14(22)9-8-13(16)11-18(19)25;/h4-9,12,23H,2-3,10-11H2,1H3;1H/b21-19-,24-20+;. The number of carbonyl (C=O) groups excluding carboxylic acids is 1. The van der Waals surface area contributed by atoms with Crippen molar-refractivity contribution >= 4 is 51.1 Å². The van der Waals surface area contributed by atoms with Gasteiger partial charge in [-0.2, -0.15) is 0 Å². The first kappa shape index (κ1) is 19.6. The highest BCUT2D eigenvalue weighted by molar-refractivity contribution is 9.10. The lowest BCUT2D eigenvalue weighted by atomic mass is 10.0. The van der Waals surface area contributed by atoms with Crippen LogP contribution in [0.5, 0.6) is 0 Å². The fraction of sp³-hybridized carbons (Fsp3) is 0.238. The van der Waals surface area contributed by atoms with Crippen LogP contribution in [0.15, 0.2) is 57.8 Å². The van der Waals surface area contributed by atoms with E-state index in [4.69, 9.17) is 4.84 Å². The Labute approximate surface area is 173 Å². The zero-order valence-electron chi connectivity index (χ0n) is 14.9. The summed E-state index contributed by atoms with van der Waals surface area (Å²) in [5.41, 5.74) is 6.05. The second kappa shape index (κ2) is 8.28. The molecule has 4 nitrogen and oxygen atoms in total. The zero-order chi connectivity index (χ0) is 18.1. The van der Waals surface area contributed by atoms with Crippen molar-refractivity contribution in [2.75, 3.05) is 11.9 Å². The van der Waals surface area contributed by atoms with Gasteiger partial charge in [-0.15, -0.1) is 12.4 Å². The number of para-hydroxylation sites is 1. The molecule has 2 aromatic carbocycles. The van der Waals surface area contributed by atoms with Crippen LogP contribution in [0.1, 0.15) is 36.5 Å². The molecule has 1 aliphatic carbocycles. The molecule has 0 fully saturated rings. The van der Waals surface area contributed by atoms with Gasteiger partial charge in [0.2, 0.25) is 0 Å². The van der Waals surface area contributed by atoms with Crippen LogP contribution in [0.2, 0.25) is 0 Å². The molecule has 0 saturated heterocycles. The maximum Gasteiger partial charge on any atom is 0.170 e. The van der Waals surface area contributed by atoms with Gasteiger partial charge < -0.3 is 10.2 Å².